The molecule has 1 fully saturated rings. The van der Waals surface area contributed by atoms with Crippen molar-refractivity contribution in [3.05, 3.63) is 35.9 Å². The van der Waals surface area contributed by atoms with E-state index in [1.54, 1.807) is 0 Å². The van der Waals surface area contributed by atoms with Gasteiger partial charge in [0.1, 0.15) is 0 Å². The van der Waals surface area contributed by atoms with Gasteiger partial charge < -0.3 is 11.1 Å². The van der Waals surface area contributed by atoms with Crippen LogP contribution >= 0.6 is 0 Å². The van der Waals surface area contributed by atoms with Crippen molar-refractivity contribution in [1.29, 1.82) is 0 Å². The van der Waals surface area contributed by atoms with Crippen LogP contribution in [0.15, 0.2) is 30.3 Å². The summed E-state index contributed by atoms with van der Waals surface area (Å²) in [5, 5.41) is 3.49. The highest BCUT2D eigenvalue weighted by atomic mass is 14.9. The standard InChI is InChI=1S/C13H20N2/c14-13-8-4-7-12(13)10-15-9-11-5-2-1-3-6-11/h1-3,5-6,12-13,15H,4,7-10,14H2. The van der Waals surface area contributed by atoms with Crippen molar-refractivity contribution in [3.8, 4) is 0 Å². The number of nitrogens with one attached hydrogen (secondary N) is 1. The predicted molar refractivity (Wildman–Crippen MR) is 63.5 cm³/mol. The van der Waals surface area contributed by atoms with Crippen molar-refractivity contribution in [1.82, 2.24) is 5.32 Å². The monoisotopic (exact) mass is 204 g/mol. The SMILES string of the molecule is NC1CCCC1CNCc1ccccc1. The zero-order valence-corrected chi connectivity index (χ0v) is 9.15. The van der Waals surface area contributed by atoms with Gasteiger partial charge in [-0.05, 0) is 30.9 Å². The maximum atomic E-state index is 6.02. The van der Waals surface area contributed by atoms with Gasteiger partial charge in [-0.1, -0.05) is 36.8 Å². The minimum atomic E-state index is 0.424. The van der Waals surface area contributed by atoms with E-state index >= 15 is 0 Å². The van der Waals surface area contributed by atoms with E-state index in [1.807, 2.05) is 0 Å². The third-order valence-electron chi connectivity index (χ3n) is 3.30. The third-order valence-corrected chi connectivity index (χ3v) is 3.30. The zero-order chi connectivity index (χ0) is 10.5. The smallest absolute Gasteiger partial charge is 0.0205 e. The molecule has 2 heteroatoms. The molecule has 3 N–H and O–H groups in total. The van der Waals surface area contributed by atoms with E-state index in [-0.39, 0.29) is 0 Å². The molecule has 0 radical (unpaired) electrons. The van der Waals surface area contributed by atoms with Gasteiger partial charge in [-0.3, -0.25) is 0 Å². The van der Waals surface area contributed by atoms with Crippen molar-refractivity contribution in [3.63, 3.8) is 0 Å². The van der Waals surface area contributed by atoms with Crippen LogP contribution in [-0.2, 0) is 6.54 Å². The normalized spacial score (nSPS) is 25.7. The van der Waals surface area contributed by atoms with E-state index in [2.05, 4.69) is 35.6 Å². The summed E-state index contributed by atoms with van der Waals surface area (Å²) >= 11 is 0. The van der Waals surface area contributed by atoms with Crippen molar-refractivity contribution >= 4 is 0 Å². The molecule has 15 heavy (non-hydrogen) atoms. The fourth-order valence-electron chi connectivity index (χ4n) is 2.32. The molecule has 1 aliphatic carbocycles. The molecule has 2 nitrogen and oxygen atoms in total. The molecule has 2 rings (SSSR count). The van der Waals surface area contributed by atoms with Gasteiger partial charge in [0.2, 0.25) is 0 Å². The number of hydrogen-bond donors (Lipinski definition) is 2. The highest BCUT2D eigenvalue weighted by Gasteiger charge is 2.22. The van der Waals surface area contributed by atoms with Gasteiger partial charge in [0, 0.05) is 12.6 Å². The number of nitrogens with two attached hydrogens (primary N) is 1. The van der Waals surface area contributed by atoms with Gasteiger partial charge in [-0.15, -0.1) is 0 Å². The molecule has 82 valence electrons. The summed E-state index contributed by atoms with van der Waals surface area (Å²) in [7, 11) is 0. The Hall–Kier alpha value is -0.860. The molecule has 2 atom stereocenters. The minimum absolute atomic E-state index is 0.424. The van der Waals surface area contributed by atoms with Crippen LogP contribution in [0.1, 0.15) is 24.8 Å². The first-order chi connectivity index (χ1) is 7.36. The summed E-state index contributed by atoms with van der Waals surface area (Å²) in [6.45, 7) is 2.03. The first-order valence-electron chi connectivity index (χ1n) is 5.86. The van der Waals surface area contributed by atoms with Crippen LogP contribution in [-0.4, -0.2) is 12.6 Å². The van der Waals surface area contributed by atoms with Crippen molar-refractivity contribution in [2.45, 2.75) is 31.8 Å². The fourth-order valence-corrected chi connectivity index (χ4v) is 2.32. The maximum Gasteiger partial charge on any atom is 0.0205 e. The Kier molecular flexibility index (Phi) is 3.75. The molecule has 1 aromatic rings. The largest absolute Gasteiger partial charge is 0.327 e. The van der Waals surface area contributed by atoms with Crippen LogP contribution in [0, 0.1) is 5.92 Å². The summed E-state index contributed by atoms with van der Waals surface area (Å²) in [5.74, 6) is 0.689. The third kappa shape index (κ3) is 3.05. The molecule has 0 heterocycles. The average Bonchev–Trinajstić information content (AvgIpc) is 2.66. The van der Waals surface area contributed by atoms with Gasteiger partial charge in [0.05, 0.1) is 0 Å². The lowest BCUT2D eigenvalue weighted by molar-refractivity contribution is 0.442. The second-order valence-corrected chi connectivity index (χ2v) is 4.47. The van der Waals surface area contributed by atoms with E-state index < -0.39 is 0 Å². The summed E-state index contributed by atoms with van der Waals surface area (Å²) in [6.07, 6.45) is 3.81. The molecular weight excluding hydrogens is 184 g/mol. The van der Waals surface area contributed by atoms with E-state index in [1.165, 1.54) is 24.8 Å². The lowest BCUT2D eigenvalue weighted by atomic mass is 10.0. The van der Waals surface area contributed by atoms with Gasteiger partial charge in [-0.2, -0.15) is 0 Å². The molecule has 0 amide bonds. The van der Waals surface area contributed by atoms with Crippen molar-refractivity contribution < 1.29 is 0 Å². The average molecular weight is 204 g/mol. The van der Waals surface area contributed by atoms with Crippen molar-refractivity contribution in [2.75, 3.05) is 6.54 Å². The van der Waals surface area contributed by atoms with Gasteiger partial charge in [-0.25, -0.2) is 0 Å². The molecule has 1 aromatic carbocycles. The first kappa shape index (κ1) is 10.7. The second-order valence-electron chi connectivity index (χ2n) is 4.47. The Labute approximate surface area is 91.9 Å². The topological polar surface area (TPSA) is 38.0 Å². The highest BCUT2D eigenvalue weighted by Crippen LogP contribution is 2.23. The van der Waals surface area contributed by atoms with Crippen LogP contribution < -0.4 is 11.1 Å². The van der Waals surface area contributed by atoms with Gasteiger partial charge in [0.25, 0.3) is 0 Å². The molecular formula is C13H20N2. The number of rotatable bonds is 4. The fraction of sp³-hybridized carbons (Fsp3) is 0.538. The lowest BCUT2D eigenvalue weighted by Crippen LogP contribution is -2.32. The van der Waals surface area contributed by atoms with E-state index in [4.69, 9.17) is 5.73 Å². The zero-order valence-electron chi connectivity index (χ0n) is 9.15. The quantitative estimate of drug-likeness (QED) is 0.786. The highest BCUT2D eigenvalue weighted by molar-refractivity contribution is 5.14. The Morgan fingerprint density at radius 1 is 1.20 bits per heavy atom. The molecule has 0 bridgehead atoms. The summed E-state index contributed by atoms with van der Waals surface area (Å²) in [5.41, 5.74) is 7.37. The van der Waals surface area contributed by atoms with Crippen LogP contribution in [0.5, 0.6) is 0 Å². The van der Waals surface area contributed by atoms with E-state index in [9.17, 15) is 0 Å². The Bertz CT molecular complexity index is 284. The maximum absolute atomic E-state index is 6.02. The second kappa shape index (κ2) is 5.29. The molecule has 0 aliphatic heterocycles. The summed E-state index contributed by atoms with van der Waals surface area (Å²) in [4.78, 5) is 0. The predicted octanol–water partition coefficient (Wildman–Crippen LogP) is 1.90. The molecule has 2 unspecified atom stereocenters. The van der Waals surface area contributed by atoms with Crippen LogP contribution in [0.2, 0.25) is 0 Å². The van der Waals surface area contributed by atoms with Crippen LogP contribution in [0.25, 0.3) is 0 Å². The summed E-state index contributed by atoms with van der Waals surface area (Å²) < 4.78 is 0. The number of hydrogen-bond acceptors (Lipinski definition) is 2. The minimum Gasteiger partial charge on any atom is -0.327 e. The Morgan fingerprint density at radius 3 is 2.67 bits per heavy atom. The van der Waals surface area contributed by atoms with E-state index in [0.717, 1.165) is 13.1 Å². The van der Waals surface area contributed by atoms with Gasteiger partial charge in [0.15, 0.2) is 0 Å². The van der Waals surface area contributed by atoms with E-state index in [0.29, 0.717) is 12.0 Å². The molecule has 0 aromatic heterocycles. The first-order valence-corrected chi connectivity index (χ1v) is 5.86. The van der Waals surface area contributed by atoms with Crippen LogP contribution in [0.3, 0.4) is 0 Å². The molecule has 0 spiro atoms. The Morgan fingerprint density at radius 2 is 2.00 bits per heavy atom. The Balaban J connectivity index is 1.71. The van der Waals surface area contributed by atoms with Crippen molar-refractivity contribution in [2.24, 2.45) is 11.7 Å². The lowest BCUT2D eigenvalue weighted by Gasteiger charge is -2.15. The number of benzene rings is 1. The summed E-state index contributed by atoms with van der Waals surface area (Å²) in [6, 6.07) is 10.9. The molecule has 1 saturated carbocycles. The van der Waals surface area contributed by atoms with Gasteiger partial charge >= 0.3 is 0 Å². The molecule has 1 aliphatic rings. The van der Waals surface area contributed by atoms with Crippen LogP contribution in [0.4, 0.5) is 0 Å². The molecule has 0 saturated heterocycles.